The van der Waals surface area contributed by atoms with Gasteiger partial charge in [-0.15, -0.1) is 0 Å². The van der Waals surface area contributed by atoms with Crippen molar-refractivity contribution in [3.8, 4) is 0 Å². The lowest BCUT2D eigenvalue weighted by molar-refractivity contribution is -0.384. The predicted octanol–water partition coefficient (Wildman–Crippen LogP) is 2.07. The highest BCUT2D eigenvalue weighted by Gasteiger charge is 2.16. The van der Waals surface area contributed by atoms with E-state index in [1.165, 1.54) is 12.1 Å². The Bertz CT molecular complexity index is 588. The number of aryl methyl sites for hydroxylation is 1. The third-order valence-electron chi connectivity index (χ3n) is 3.32. The number of non-ortho nitro benzene ring substituents is 1. The van der Waals surface area contributed by atoms with Gasteiger partial charge in [0.15, 0.2) is 0 Å². The zero-order chi connectivity index (χ0) is 17.4. The Hall–Kier alpha value is -2.48. The van der Waals surface area contributed by atoms with Gasteiger partial charge in [0.05, 0.1) is 10.6 Å². The van der Waals surface area contributed by atoms with Crippen LogP contribution >= 0.6 is 0 Å². The Labute approximate surface area is 134 Å². The normalized spacial score (nSPS) is 11.7. The molecule has 126 valence electrons. The van der Waals surface area contributed by atoms with Crippen LogP contribution in [0.15, 0.2) is 18.2 Å². The molecule has 0 aliphatic carbocycles. The molecule has 1 aromatic rings. The lowest BCUT2D eigenvalue weighted by Gasteiger charge is -2.13. The predicted molar refractivity (Wildman–Crippen MR) is 85.4 cm³/mol. The number of hydrogen-bond acceptors (Lipinski definition) is 5. The summed E-state index contributed by atoms with van der Waals surface area (Å²) in [5.74, 6) is -1.27. The van der Waals surface area contributed by atoms with E-state index in [0.29, 0.717) is 17.7 Å². The van der Waals surface area contributed by atoms with E-state index in [1.54, 1.807) is 13.0 Å². The molecule has 0 aromatic heterocycles. The van der Waals surface area contributed by atoms with Gasteiger partial charge in [0.25, 0.3) is 5.69 Å². The van der Waals surface area contributed by atoms with Gasteiger partial charge in [-0.1, -0.05) is 19.4 Å². The SMILES string of the molecule is CCCC(NCCC(=O)Nc1cc([N+](=O)[O-])ccc1C)C(=O)O. The van der Waals surface area contributed by atoms with E-state index in [1.807, 2.05) is 6.92 Å². The Kier molecular flexibility index (Phi) is 7.14. The lowest BCUT2D eigenvalue weighted by atomic mass is 10.1. The van der Waals surface area contributed by atoms with E-state index >= 15 is 0 Å². The molecule has 0 aliphatic heterocycles. The van der Waals surface area contributed by atoms with Crippen LogP contribution < -0.4 is 10.6 Å². The van der Waals surface area contributed by atoms with Crippen LogP contribution in [-0.4, -0.2) is 34.5 Å². The summed E-state index contributed by atoms with van der Waals surface area (Å²) >= 11 is 0. The standard InChI is InChI=1S/C15H21N3O5/c1-3-4-12(15(20)21)16-8-7-14(19)17-13-9-11(18(22)23)6-5-10(13)2/h5-6,9,12,16H,3-4,7-8H2,1-2H3,(H,17,19)(H,20,21). The Morgan fingerprint density at radius 2 is 2.09 bits per heavy atom. The number of nitro groups is 1. The fourth-order valence-electron chi connectivity index (χ4n) is 2.03. The van der Waals surface area contributed by atoms with Gasteiger partial charge in [-0.2, -0.15) is 0 Å². The van der Waals surface area contributed by atoms with Crippen molar-refractivity contribution in [2.75, 3.05) is 11.9 Å². The van der Waals surface area contributed by atoms with Crippen LogP contribution in [0.5, 0.6) is 0 Å². The fourth-order valence-corrected chi connectivity index (χ4v) is 2.03. The van der Waals surface area contributed by atoms with E-state index < -0.39 is 16.9 Å². The molecule has 0 bridgehead atoms. The van der Waals surface area contributed by atoms with Gasteiger partial charge in [-0.05, 0) is 18.9 Å². The molecule has 0 fully saturated rings. The first-order chi connectivity index (χ1) is 10.8. The van der Waals surface area contributed by atoms with E-state index in [-0.39, 0.29) is 24.6 Å². The monoisotopic (exact) mass is 323 g/mol. The highest BCUT2D eigenvalue weighted by Crippen LogP contribution is 2.21. The van der Waals surface area contributed by atoms with Gasteiger partial charge in [-0.3, -0.25) is 19.7 Å². The van der Waals surface area contributed by atoms with E-state index in [4.69, 9.17) is 5.11 Å². The molecule has 1 aromatic carbocycles. The minimum Gasteiger partial charge on any atom is -0.480 e. The average molecular weight is 323 g/mol. The molecule has 0 saturated carbocycles. The van der Waals surface area contributed by atoms with Gasteiger partial charge in [0.2, 0.25) is 5.91 Å². The van der Waals surface area contributed by atoms with Gasteiger partial charge < -0.3 is 15.7 Å². The lowest BCUT2D eigenvalue weighted by Crippen LogP contribution is -2.38. The van der Waals surface area contributed by atoms with Crippen LogP contribution in [-0.2, 0) is 9.59 Å². The second-order valence-electron chi connectivity index (χ2n) is 5.19. The van der Waals surface area contributed by atoms with Crippen LogP contribution in [0.25, 0.3) is 0 Å². The molecule has 8 nitrogen and oxygen atoms in total. The highest BCUT2D eigenvalue weighted by atomic mass is 16.6. The fraction of sp³-hybridized carbons (Fsp3) is 0.467. The molecule has 1 amide bonds. The maximum atomic E-state index is 11.9. The number of amides is 1. The summed E-state index contributed by atoms with van der Waals surface area (Å²) < 4.78 is 0. The van der Waals surface area contributed by atoms with Crippen LogP contribution in [0.3, 0.4) is 0 Å². The largest absolute Gasteiger partial charge is 0.480 e. The number of nitrogens with zero attached hydrogens (tertiary/aromatic N) is 1. The second-order valence-corrected chi connectivity index (χ2v) is 5.19. The zero-order valence-corrected chi connectivity index (χ0v) is 13.2. The maximum absolute atomic E-state index is 11.9. The number of rotatable bonds is 9. The average Bonchev–Trinajstić information content (AvgIpc) is 2.48. The first-order valence-electron chi connectivity index (χ1n) is 7.36. The molecule has 8 heteroatoms. The van der Waals surface area contributed by atoms with E-state index in [2.05, 4.69) is 10.6 Å². The summed E-state index contributed by atoms with van der Waals surface area (Å²) in [6.07, 6.45) is 1.29. The first-order valence-corrected chi connectivity index (χ1v) is 7.36. The number of aliphatic carboxylic acids is 1. The molecule has 0 aliphatic rings. The Morgan fingerprint density at radius 3 is 2.65 bits per heavy atom. The smallest absolute Gasteiger partial charge is 0.320 e. The van der Waals surface area contributed by atoms with Crippen molar-refractivity contribution in [3.63, 3.8) is 0 Å². The Balaban J connectivity index is 2.55. The van der Waals surface area contributed by atoms with E-state index in [0.717, 1.165) is 6.42 Å². The zero-order valence-electron chi connectivity index (χ0n) is 13.2. The number of nitrogens with one attached hydrogen (secondary N) is 2. The number of carbonyl (C=O) groups is 2. The van der Waals surface area contributed by atoms with Gasteiger partial charge in [0.1, 0.15) is 6.04 Å². The van der Waals surface area contributed by atoms with Crippen molar-refractivity contribution in [1.82, 2.24) is 5.32 Å². The molecular formula is C15H21N3O5. The van der Waals surface area contributed by atoms with Crippen molar-refractivity contribution in [2.24, 2.45) is 0 Å². The number of carboxylic acids is 1. The molecule has 1 rings (SSSR count). The van der Waals surface area contributed by atoms with Crippen LogP contribution in [0, 0.1) is 17.0 Å². The van der Waals surface area contributed by atoms with Gasteiger partial charge in [-0.25, -0.2) is 0 Å². The number of carboxylic acid groups (broad SMARTS) is 1. The molecular weight excluding hydrogens is 302 g/mol. The summed E-state index contributed by atoms with van der Waals surface area (Å²) in [5.41, 5.74) is 0.997. The highest BCUT2D eigenvalue weighted by molar-refractivity contribution is 5.92. The number of benzene rings is 1. The van der Waals surface area contributed by atoms with Crippen molar-refractivity contribution in [3.05, 3.63) is 33.9 Å². The van der Waals surface area contributed by atoms with Crippen molar-refractivity contribution in [1.29, 1.82) is 0 Å². The topological polar surface area (TPSA) is 122 Å². The van der Waals surface area contributed by atoms with E-state index in [9.17, 15) is 19.7 Å². The molecule has 1 unspecified atom stereocenters. The number of nitro benzene ring substituents is 1. The van der Waals surface area contributed by atoms with Gasteiger partial charge >= 0.3 is 5.97 Å². The number of anilines is 1. The third kappa shape index (κ3) is 6.03. The minimum absolute atomic E-state index is 0.0790. The number of hydrogen-bond donors (Lipinski definition) is 3. The van der Waals surface area contributed by atoms with Crippen LogP contribution in [0.4, 0.5) is 11.4 Å². The van der Waals surface area contributed by atoms with Crippen molar-refractivity contribution >= 4 is 23.3 Å². The van der Waals surface area contributed by atoms with Crippen molar-refractivity contribution < 1.29 is 19.6 Å². The van der Waals surface area contributed by atoms with Crippen LogP contribution in [0.1, 0.15) is 31.7 Å². The summed E-state index contributed by atoms with van der Waals surface area (Å²) in [5, 5.41) is 25.2. The Morgan fingerprint density at radius 1 is 1.39 bits per heavy atom. The van der Waals surface area contributed by atoms with Gasteiger partial charge in [0, 0.05) is 25.1 Å². The molecule has 0 radical (unpaired) electrons. The van der Waals surface area contributed by atoms with Crippen LogP contribution in [0.2, 0.25) is 0 Å². The maximum Gasteiger partial charge on any atom is 0.320 e. The molecule has 0 spiro atoms. The minimum atomic E-state index is -0.943. The number of carbonyl (C=O) groups excluding carboxylic acids is 1. The molecule has 23 heavy (non-hydrogen) atoms. The first kappa shape index (κ1) is 18.6. The summed E-state index contributed by atoms with van der Waals surface area (Å²) in [6, 6.07) is 3.56. The third-order valence-corrected chi connectivity index (χ3v) is 3.32. The molecule has 0 heterocycles. The molecule has 0 saturated heterocycles. The molecule has 3 N–H and O–H groups in total. The molecule has 1 atom stereocenters. The van der Waals surface area contributed by atoms with Crippen molar-refractivity contribution in [2.45, 2.75) is 39.2 Å². The second kappa shape index (κ2) is 8.84. The summed E-state index contributed by atoms with van der Waals surface area (Å²) in [7, 11) is 0. The summed E-state index contributed by atoms with van der Waals surface area (Å²) in [6.45, 7) is 3.84. The quantitative estimate of drug-likeness (QED) is 0.472. The summed E-state index contributed by atoms with van der Waals surface area (Å²) in [4.78, 5) is 33.1.